The molecule has 0 aliphatic rings. The van der Waals surface area contributed by atoms with E-state index in [-0.39, 0.29) is 105 Å². The molecule has 0 radical (unpaired) electrons. The molecular formula is C4H23BNa2O13. The van der Waals surface area contributed by atoms with Crippen molar-refractivity contribution in [1.82, 2.24) is 0 Å². The van der Waals surface area contributed by atoms with Gasteiger partial charge in [-0.3, -0.25) is 9.59 Å². The third kappa shape index (κ3) is 182. The minimum absolute atomic E-state index is 0. The Labute approximate surface area is 158 Å². The van der Waals surface area contributed by atoms with Crippen molar-refractivity contribution in [2.24, 2.45) is 0 Å². The Kier molecular flexibility index (Phi) is 177. The van der Waals surface area contributed by atoms with E-state index in [9.17, 15) is 9.59 Å². The molecule has 0 amide bonds. The zero-order valence-corrected chi connectivity index (χ0v) is 9.04. The second-order valence-corrected chi connectivity index (χ2v) is 1.63. The van der Waals surface area contributed by atoms with E-state index >= 15 is 0 Å². The van der Waals surface area contributed by atoms with Gasteiger partial charge in [0.25, 0.3) is 0 Å². The summed E-state index contributed by atoms with van der Waals surface area (Å²) in [4.78, 5) is 19.3. The first-order valence-electron chi connectivity index (χ1n) is 2.84. The molecule has 122 valence electrons. The Morgan fingerprint density at radius 2 is 0.750 bits per heavy atom. The van der Waals surface area contributed by atoms with Crippen LogP contribution in [0.2, 0.25) is 0 Å². The zero-order chi connectivity index (χ0) is 10.1. The van der Waals surface area contributed by atoms with E-state index in [4.69, 9.17) is 25.3 Å². The van der Waals surface area contributed by atoms with E-state index in [1.807, 2.05) is 0 Å². The molecule has 0 unspecified atom stereocenters. The molecule has 16 heteroatoms. The second kappa shape index (κ2) is 50.4. The molecule has 0 aliphatic heterocycles. The van der Waals surface area contributed by atoms with E-state index in [2.05, 4.69) is 0 Å². The van der Waals surface area contributed by atoms with Crippen LogP contribution in [0.4, 0.5) is 0 Å². The molecule has 0 aromatic carbocycles. The van der Waals surface area contributed by atoms with Crippen LogP contribution < -0.4 is 0 Å². The average molecular weight is 336 g/mol. The first-order chi connectivity index (χ1) is 5.36. The summed E-state index contributed by atoms with van der Waals surface area (Å²) < 4.78 is 0. The summed E-state index contributed by atoms with van der Waals surface area (Å²) in [6, 6.07) is 0. The summed E-state index contributed by atoms with van der Waals surface area (Å²) in [5, 5.41) is 37.3. The van der Waals surface area contributed by atoms with Gasteiger partial charge in [-0.25, -0.2) is 0 Å². The molecule has 17 N–H and O–H groups in total. The number of hydrogen-bond donors (Lipinski definition) is 5. The summed E-state index contributed by atoms with van der Waals surface area (Å²) in [5.41, 5.74) is 0. The molecule has 0 saturated carbocycles. The number of carbonyl (C=O) groups is 2. The van der Waals surface area contributed by atoms with Gasteiger partial charge < -0.3 is 58.1 Å². The number of carboxylic acids is 2. The first kappa shape index (κ1) is 70.3. The molecule has 0 saturated heterocycles. The first-order valence-corrected chi connectivity index (χ1v) is 2.84. The van der Waals surface area contributed by atoms with Gasteiger partial charge in [0.2, 0.25) is 0 Å². The molecule has 0 aliphatic carbocycles. The van der Waals surface area contributed by atoms with Crippen LogP contribution >= 0.6 is 0 Å². The fourth-order valence-corrected chi connectivity index (χ4v) is 0.214. The molecule has 0 rings (SSSR count). The van der Waals surface area contributed by atoms with Crippen LogP contribution in [-0.2, 0) is 9.59 Å². The van der Waals surface area contributed by atoms with Crippen molar-refractivity contribution in [3.63, 3.8) is 0 Å². The molecule has 0 fully saturated rings. The molecule has 20 heavy (non-hydrogen) atoms. The number of rotatable bonds is 3. The molecular weight excluding hydrogens is 313 g/mol. The van der Waals surface area contributed by atoms with Crippen LogP contribution in [0.15, 0.2) is 0 Å². The molecule has 0 heterocycles. The second-order valence-electron chi connectivity index (χ2n) is 1.63. The fraction of sp³-hybridized carbons (Fsp3) is 0.500. The Morgan fingerprint density at radius 1 is 0.650 bits per heavy atom. The maximum absolute atomic E-state index is 9.64. The van der Waals surface area contributed by atoms with Gasteiger partial charge >= 0.3 is 78.4 Å². The van der Waals surface area contributed by atoms with Crippen molar-refractivity contribution in [2.75, 3.05) is 0 Å². The standard InChI is InChI=1S/C4H6O4.BH3O3.2Na.6H2O.2H/c5-3(6)1-2-4(7)8;2-1(3)4;;;;;;;;;;/h1-2H2,(H,5,6)(H,7,8);2-4H;;;6*1H2;;. The maximum atomic E-state index is 9.64. The van der Waals surface area contributed by atoms with E-state index in [0.717, 1.165) is 0 Å². The van der Waals surface area contributed by atoms with E-state index in [1.54, 1.807) is 0 Å². The molecule has 0 bridgehead atoms. The van der Waals surface area contributed by atoms with Gasteiger partial charge in [0, 0.05) is 0 Å². The number of hydrogen-bond acceptors (Lipinski definition) is 5. The van der Waals surface area contributed by atoms with Crippen molar-refractivity contribution >= 4 is 78.4 Å². The SMILES string of the molecule is O.O.O.O.O.O.O=C(O)CCC(=O)O.OB(O)O.[NaH].[NaH]. The van der Waals surface area contributed by atoms with Gasteiger partial charge in [-0.15, -0.1) is 0 Å². The van der Waals surface area contributed by atoms with E-state index in [0.29, 0.717) is 0 Å². The quantitative estimate of drug-likeness (QED) is 0.309. The Bertz CT molecular complexity index is 141. The van der Waals surface area contributed by atoms with Gasteiger partial charge in [-0.05, 0) is 0 Å². The van der Waals surface area contributed by atoms with Crippen LogP contribution in [0.1, 0.15) is 12.8 Å². The monoisotopic (exact) mass is 336 g/mol. The van der Waals surface area contributed by atoms with Gasteiger partial charge in [-0.1, -0.05) is 0 Å². The topological polar surface area (TPSA) is 324 Å². The Hall–Kier alpha value is 0.645. The Balaban J connectivity index is -0.00000000964. The average Bonchev–Trinajstić information content (AvgIpc) is 1.82. The molecule has 0 spiro atoms. The predicted octanol–water partition coefficient (Wildman–Crippen LogP) is -8.36. The zero-order valence-electron chi connectivity index (χ0n) is 9.04. The van der Waals surface area contributed by atoms with Crippen molar-refractivity contribution in [2.45, 2.75) is 12.8 Å². The molecule has 13 nitrogen and oxygen atoms in total. The van der Waals surface area contributed by atoms with Crippen molar-refractivity contribution < 1.29 is 67.7 Å². The minimum atomic E-state index is -2.17. The van der Waals surface area contributed by atoms with Gasteiger partial charge in [0.15, 0.2) is 0 Å². The van der Waals surface area contributed by atoms with Gasteiger partial charge in [0.05, 0.1) is 12.8 Å². The van der Waals surface area contributed by atoms with Crippen LogP contribution in [0.5, 0.6) is 0 Å². The third-order valence-electron chi connectivity index (χ3n) is 0.553. The van der Waals surface area contributed by atoms with Crippen LogP contribution in [0.3, 0.4) is 0 Å². The third-order valence-corrected chi connectivity index (χ3v) is 0.553. The van der Waals surface area contributed by atoms with Gasteiger partial charge in [0.1, 0.15) is 0 Å². The summed E-state index contributed by atoms with van der Waals surface area (Å²) in [5.74, 6) is -2.15. The molecule has 0 aromatic rings. The normalized spacial score (nSPS) is 4.75. The fourth-order valence-electron chi connectivity index (χ4n) is 0.214. The number of carboxylic acid groups (broad SMARTS) is 2. The summed E-state index contributed by atoms with van der Waals surface area (Å²) in [6.45, 7) is 0. The van der Waals surface area contributed by atoms with Crippen molar-refractivity contribution in [3.05, 3.63) is 0 Å². The summed E-state index contributed by atoms with van der Waals surface area (Å²) in [7, 11) is -2.17. The van der Waals surface area contributed by atoms with Gasteiger partial charge in [-0.2, -0.15) is 0 Å². The number of aliphatic carboxylic acids is 2. The van der Waals surface area contributed by atoms with Crippen molar-refractivity contribution in [3.8, 4) is 0 Å². The predicted molar refractivity (Wildman–Crippen MR) is 72.9 cm³/mol. The van der Waals surface area contributed by atoms with E-state index in [1.165, 1.54) is 0 Å². The van der Waals surface area contributed by atoms with Crippen LogP contribution in [0, 0.1) is 0 Å². The Morgan fingerprint density at radius 3 is 0.800 bits per heavy atom. The molecule has 0 atom stereocenters. The van der Waals surface area contributed by atoms with E-state index < -0.39 is 19.3 Å². The summed E-state index contributed by atoms with van der Waals surface area (Å²) in [6.07, 6.45) is -0.593. The van der Waals surface area contributed by atoms with Crippen molar-refractivity contribution in [1.29, 1.82) is 0 Å². The molecule has 0 aromatic heterocycles. The summed E-state index contributed by atoms with van der Waals surface area (Å²) >= 11 is 0. The van der Waals surface area contributed by atoms with Crippen LogP contribution in [0.25, 0.3) is 0 Å². The van der Waals surface area contributed by atoms with Crippen LogP contribution in [-0.4, -0.2) is 137 Å².